The van der Waals surface area contributed by atoms with E-state index in [1.54, 1.807) is 18.2 Å². The van der Waals surface area contributed by atoms with Crippen LogP contribution in [-0.2, 0) is 13.7 Å². The number of halogens is 2. The van der Waals surface area contributed by atoms with Gasteiger partial charge in [0.15, 0.2) is 0 Å². The first-order valence-electron chi connectivity index (χ1n) is 6.25. The highest BCUT2D eigenvalue weighted by atomic mass is 19.1. The largest absolute Gasteiger partial charge is 0.489 e. The predicted molar refractivity (Wildman–Crippen MR) is 73.6 cm³/mol. The lowest BCUT2D eigenvalue weighted by atomic mass is 10.2. The van der Waals surface area contributed by atoms with E-state index in [0.717, 1.165) is 16.5 Å². The molecule has 0 aliphatic rings. The first-order chi connectivity index (χ1) is 9.63. The maximum absolute atomic E-state index is 13.2. The van der Waals surface area contributed by atoms with Crippen LogP contribution in [-0.4, -0.2) is 4.57 Å². The van der Waals surface area contributed by atoms with Crippen molar-refractivity contribution >= 4 is 10.9 Å². The van der Waals surface area contributed by atoms with Crippen molar-refractivity contribution in [2.75, 3.05) is 0 Å². The average Bonchev–Trinajstić information content (AvgIpc) is 2.73. The van der Waals surface area contributed by atoms with Crippen molar-refractivity contribution in [3.63, 3.8) is 0 Å². The van der Waals surface area contributed by atoms with Gasteiger partial charge in [-0.1, -0.05) is 6.07 Å². The molecule has 0 radical (unpaired) electrons. The van der Waals surface area contributed by atoms with Gasteiger partial charge >= 0.3 is 0 Å². The highest BCUT2D eigenvalue weighted by Gasteiger charge is 2.08. The Hall–Kier alpha value is -2.36. The molecule has 20 heavy (non-hydrogen) atoms. The Morgan fingerprint density at radius 3 is 2.65 bits per heavy atom. The van der Waals surface area contributed by atoms with Crippen LogP contribution in [0.5, 0.6) is 5.75 Å². The molecule has 0 bridgehead atoms. The monoisotopic (exact) mass is 273 g/mol. The molecule has 0 N–H and O–H groups in total. The number of rotatable bonds is 3. The van der Waals surface area contributed by atoms with Gasteiger partial charge in [0.05, 0.1) is 5.52 Å². The van der Waals surface area contributed by atoms with Gasteiger partial charge in [-0.25, -0.2) is 8.78 Å². The molecule has 3 rings (SSSR count). The van der Waals surface area contributed by atoms with Crippen LogP contribution in [0.1, 0.15) is 5.56 Å². The van der Waals surface area contributed by atoms with Gasteiger partial charge in [-0.15, -0.1) is 0 Å². The predicted octanol–water partition coefficient (Wildman–Crippen LogP) is 4.04. The number of benzene rings is 2. The summed E-state index contributed by atoms with van der Waals surface area (Å²) in [5.41, 5.74) is 1.75. The fraction of sp³-hybridized carbons (Fsp3) is 0.125. The van der Waals surface area contributed by atoms with Gasteiger partial charge in [-0.05, 0) is 30.3 Å². The molecule has 2 nitrogen and oxygen atoms in total. The molecular weight excluding hydrogens is 260 g/mol. The number of ether oxygens (including phenoxy) is 1. The maximum Gasteiger partial charge on any atom is 0.126 e. The van der Waals surface area contributed by atoms with Gasteiger partial charge in [0, 0.05) is 30.3 Å². The summed E-state index contributed by atoms with van der Waals surface area (Å²) in [6.45, 7) is 0.312. The SMILES string of the molecule is Cn1cc(COc2cccc(F)c2)c2ccc(F)cc21. The number of aromatic nitrogens is 1. The molecule has 102 valence electrons. The van der Waals surface area contributed by atoms with E-state index in [9.17, 15) is 8.78 Å². The van der Waals surface area contributed by atoms with E-state index in [4.69, 9.17) is 4.74 Å². The zero-order valence-electron chi connectivity index (χ0n) is 10.9. The molecule has 0 saturated heterocycles. The minimum atomic E-state index is -0.331. The minimum absolute atomic E-state index is 0.267. The van der Waals surface area contributed by atoms with Crippen LogP contribution in [0, 0.1) is 11.6 Å². The third-order valence-electron chi connectivity index (χ3n) is 3.23. The van der Waals surface area contributed by atoms with Crippen molar-refractivity contribution in [2.45, 2.75) is 6.61 Å². The summed E-state index contributed by atoms with van der Waals surface area (Å²) in [6.07, 6.45) is 1.89. The lowest BCUT2D eigenvalue weighted by Gasteiger charge is -2.05. The second kappa shape index (κ2) is 4.96. The Labute approximate surface area is 115 Å². The normalized spacial score (nSPS) is 10.9. The van der Waals surface area contributed by atoms with E-state index in [0.29, 0.717) is 12.4 Å². The third kappa shape index (κ3) is 2.37. The van der Waals surface area contributed by atoms with Crippen LogP contribution in [0.3, 0.4) is 0 Å². The average molecular weight is 273 g/mol. The number of hydrogen-bond donors (Lipinski definition) is 0. The molecule has 0 saturated carbocycles. The summed E-state index contributed by atoms with van der Waals surface area (Å²) >= 11 is 0. The van der Waals surface area contributed by atoms with Crippen LogP contribution in [0.2, 0.25) is 0 Å². The lowest BCUT2D eigenvalue weighted by molar-refractivity contribution is 0.306. The molecule has 2 aromatic carbocycles. The van der Waals surface area contributed by atoms with E-state index in [1.807, 2.05) is 17.8 Å². The van der Waals surface area contributed by atoms with Gasteiger partial charge in [0.2, 0.25) is 0 Å². The van der Waals surface area contributed by atoms with E-state index < -0.39 is 0 Å². The molecule has 0 fully saturated rings. The Bertz CT molecular complexity index is 764. The molecule has 0 unspecified atom stereocenters. The molecule has 0 amide bonds. The lowest BCUT2D eigenvalue weighted by Crippen LogP contribution is -1.95. The van der Waals surface area contributed by atoms with Crippen LogP contribution >= 0.6 is 0 Å². The molecule has 0 atom stereocenters. The van der Waals surface area contributed by atoms with E-state index >= 15 is 0 Å². The summed E-state index contributed by atoms with van der Waals surface area (Å²) in [5.74, 6) is -0.122. The molecular formula is C16H13F2NO. The van der Waals surface area contributed by atoms with Crippen molar-refractivity contribution in [3.05, 3.63) is 65.9 Å². The van der Waals surface area contributed by atoms with Gasteiger partial charge in [0.1, 0.15) is 24.0 Å². The molecule has 0 aliphatic carbocycles. The first kappa shape index (κ1) is 12.7. The summed E-state index contributed by atoms with van der Waals surface area (Å²) in [6, 6.07) is 10.7. The first-order valence-corrected chi connectivity index (χ1v) is 6.25. The van der Waals surface area contributed by atoms with Crippen molar-refractivity contribution < 1.29 is 13.5 Å². The van der Waals surface area contributed by atoms with Crippen LogP contribution < -0.4 is 4.74 Å². The Morgan fingerprint density at radius 2 is 1.85 bits per heavy atom. The smallest absolute Gasteiger partial charge is 0.126 e. The molecule has 0 aliphatic heterocycles. The van der Waals surface area contributed by atoms with Crippen molar-refractivity contribution in [1.29, 1.82) is 0 Å². The molecule has 3 aromatic rings. The van der Waals surface area contributed by atoms with E-state index in [-0.39, 0.29) is 11.6 Å². The number of nitrogens with zero attached hydrogens (tertiary/aromatic N) is 1. The van der Waals surface area contributed by atoms with Crippen LogP contribution in [0.25, 0.3) is 10.9 Å². The number of hydrogen-bond acceptors (Lipinski definition) is 1. The fourth-order valence-electron chi connectivity index (χ4n) is 2.27. The summed E-state index contributed by atoms with van der Waals surface area (Å²) in [4.78, 5) is 0. The minimum Gasteiger partial charge on any atom is -0.489 e. The van der Waals surface area contributed by atoms with Crippen LogP contribution in [0.4, 0.5) is 8.78 Å². The number of aryl methyl sites for hydroxylation is 1. The summed E-state index contributed by atoms with van der Waals surface area (Å²) in [5, 5.41) is 0.935. The van der Waals surface area contributed by atoms with Crippen molar-refractivity contribution in [1.82, 2.24) is 4.57 Å². The fourth-order valence-corrected chi connectivity index (χ4v) is 2.27. The topological polar surface area (TPSA) is 14.2 Å². The summed E-state index contributed by atoms with van der Waals surface area (Å²) < 4.78 is 33.7. The second-order valence-electron chi connectivity index (χ2n) is 4.67. The summed E-state index contributed by atoms with van der Waals surface area (Å²) in [7, 11) is 1.85. The molecule has 0 spiro atoms. The van der Waals surface area contributed by atoms with E-state index in [1.165, 1.54) is 24.3 Å². The standard InChI is InChI=1S/C16H13F2NO/c1-19-9-11(15-6-5-13(18)8-16(15)19)10-20-14-4-2-3-12(17)7-14/h2-9H,10H2,1H3. The zero-order chi connectivity index (χ0) is 14.1. The highest BCUT2D eigenvalue weighted by molar-refractivity contribution is 5.83. The van der Waals surface area contributed by atoms with Crippen molar-refractivity contribution in [2.24, 2.45) is 7.05 Å². The van der Waals surface area contributed by atoms with E-state index in [2.05, 4.69) is 0 Å². The van der Waals surface area contributed by atoms with Gasteiger partial charge in [0.25, 0.3) is 0 Å². The second-order valence-corrected chi connectivity index (χ2v) is 4.67. The molecule has 4 heteroatoms. The van der Waals surface area contributed by atoms with Gasteiger partial charge in [-0.3, -0.25) is 0 Å². The Kier molecular flexibility index (Phi) is 3.14. The van der Waals surface area contributed by atoms with Gasteiger partial charge < -0.3 is 9.30 Å². The quantitative estimate of drug-likeness (QED) is 0.702. The molecule has 1 heterocycles. The van der Waals surface area contributed by atoms with Crippen LogP contribution in [0.15, 0.2) is 48.7 Å². The Balaban J connectivity index is 1.88. The Morgan fingerprint density at radius 1 is 1.05 bits per heavy atom. The zero-order valence-corrected chi connectivity index (χ0v) is 10.9. The third-order valence-corrected chi connectivity index (χ3v) is 3.23. The maximum atomic E-state index is 13.2. The highest BCUT2D eigenvalue weighted by Crippen LogP contribution is 2.23. The van der Waals surface area contributed by atoms with Gasteiger partial charge in [-0.2, -0.15) is 0 Å². The van der Waals surface area contributed by atoms with Crippen molar-refractivity contribution in [3.8, 4) is 5.75 Å². The number of fused-ring (bicyclic) bond motifs is 1. The molecule has 1 aromatic heterocycles.